The molecule has 0 spiro atoms. The fourth-order valence-electron chi connectivity index (χ4n) is 6.00. The Morgan fingerprint density at radius 3 is 2.67 bits per heavy atom. The second kappa shape index (κ2) is 4.37. The largest absolute Gasteiger partial charge is 0.390 e. The van der Waals surface area contributed by atoms with Crippen molar-refractivity contribution in [2.24, 2.45) is 22.9 Å². The van der Waals surface area contributed by atoms with Gasteiger partial charge in [-0.25, -0.2) is 0 Å². The molecule has 0 aromatic carbocycles. The van der Waals surface area contributed by atoms with E-state index in [9.17, 15) is 9.90 Å². The molecule has 1 heterocycles. The van der Waals surface area contributed by atoms with E-state index in [2.05, 4.69) is 10.0 Å². The Morgan fingerprint density at radius 1 is 1.33 bits per heavy atom. The summed E-state index contributed by atoms with van der Waals surface area (Å²) in [6.45, 7) is 1.11. The van der Waals surface area contributed by atoms with Crippen LogP contribution < -0.4 is 0 Å². The van der Waals surface area contributed by atoms with Gasteiger partial charge < -0.3 is 10.0 Å². The zero-order valence-electron chi connectivity index (χ0n) is 12.2. The molecule has 1 N–H and O–H groups in total. The second-order valence-corrected chi connectivity index (χ2v) is 7.90. The van der Waals surface area contributed by atoms with Crippen LogP contribution in [0.2, 0.25) is 0 Å². The summed E-state index contributed by atoms with van der Waals surface area (Å²) in [7, 11) is 0. The summed E-state index contributed by atoms with van der Waals surface area (Å²) < 4.78 is 0. The molecule has 4 bridgehead atoms. The van der Waals surface area contributed by atoms with Gasteiger partial charge >= 0.3 is 0 Å². The molecule has 6 heteroatoms. The maximum Gasteiger partial charge on any atom is 0.223 e. The molecule has 0 aromatic rings. The molecule has 3 unspecified atom stereocenters. The first kappa shape index (κ1) is 13.4. The van der Waals surface area contributed by atoms with Crippen LogP contribution in [0.4, 0.5) is 0 Å². The number of carbonyl (C=O) groups excluding carboxylic acids is 1. The summed E-state index contributed by atoms with van der Waals surface area (Å²) in [5, 5.41) is 14.5. The lowest BCUT2D eigenvalue weighted by Gasteiger charge is -2.62. The van der Waals surface area contributed by atoms with Gasteiger partial charge in [-0.15, -0.1) is 0 Å². The van der Waals surface area contributed by atoms with Gasteiger partial charge in [0.2, 0.25) is 5.91 Å². The number of hydrogen-bond donors (Lipinski definition) is 1. The van der Waals surface area contributed by atoms with Gasteiger partial charge in [-0.1, -0.05) is 5.11 Å². The summed E-state index contributed by atoms with van der Waals surface area (Å²) in [5.41, 5.74) is 7.80. The summed E-state index contributed by atoms with van der Waals surface area (Å²) in [5.74, 6) is 1.51. The minimum absolute atomic E-state index is 0.110. The highest BCUT2D eigenvalue weighted by atomic mass is 16.3. The molecule has 0 radical (unpaired) electrons. The lowest BCUT2D eigenvalue weighted by molar-refractivity contribution is -0.179. The smallest absolute Gasteiger partial charge is 0.223 e. The molecule has 0 aromatic heterocycles. The Hall–Kier alpha value is -1.26. The molecule has 3 atom stereocenters. The van der Waals surface area contributed by atoms with Gasteiger partial charge in [0.25, 0.3) is 0 Å². The van der Waals surface area contributed by atoms with Gasteiger partial charge in [0.1, 0.15) is 0 Å². The van der Waals surface area contributed by atoms with Crippen LogP contribution in [0.15, 0.2) is 5.11 Å². The zero-order chi connectivity index (χ0) is 14.7. The Balaban J connectivity index is 1.58. The van der Waals surface area contributed by atoms with Crippen LogP contribution in [0.25, 0.3) is 10.4 Å². The van der Waals surface area contributed by atoms with Crippen LogP contribution in [-0.2, 0) is 4.79 Å². The molecule has 5 aliphatic rings. The van der Waals surface area contributed by atoms with Crippen molar-refractivity contribution < 1.29 is 9.90 Å². The van der Waals surface area contributed by atoms with E-state index in [0.29, 0.717) is 31.3 Å². The molecule has 1 aliphatic heterocycles. The van der Waals surface area contributed by atoms with Gasteiger partial charge in [-0.3, -0.25) is 4.79 Å². The van der Waals surface area contributed by atoms with Crippen molar-refractivity contribution in [3.05, 3.63) is 10.4 Å². The number of carbonyl (C=O) groups is 1. The van der Waals surface area contributed by atoms with Gasteiger partial charge in [0.05, 0.1) is 5.60 Å². The molecule has 4 aliphatic carbocycles. The van der Waals surface area contributed by atoms with Crippen molar-refractivity contribution in [2.45, 2.75) is 56.1 Å². The van der Waals surface area contributed by atoms with E-state index in [1.807, 2.05) is 4.90 Å². The third-order valence-electron chi connectivity index (χ3n) is 6.18. The van der Waals surface area contributed by atoms with Crippen LogP contribution in [0.1, 0.15) is 44.9 Å². The first-order valence-corrected chi connectivity index (χ1v) is 8.06. The molecule has 21 heavy (non-hydrogen) atoms. The van der Waals surface area contributed by atoms with E-state index in [1.165, 1.54) is 6.42 Å². The number of nitrogens with zero attached hydrogens (tertiary/aromatic N) is 4. The maximum absolute atomic E-state index is 12.5. The molecule has 1 amide bonds. The number of hydrogen-bond acceptors (Lipinski definition) is 3. The number of aliphatic hydroxyl groups is 1. The Kier molecular flexibility index (Phi) is 2.79. The van der Waals surface area contributed by atoms with Crippen molar-refractivity contribution >= 4 is 5.91 Å². The Labute approximate surface area is 124 Å². The fraction of sp³-hybridized carbons (Fsp3) is 0.933. The predicted octanol–water partition coefficient (Wildman–Crippen LogP) is 2.23. The highest BCUT2D eigenvalue weighted by Crippen LogP contribution is 2.60. The number of azide groups is 1. The van der Waals surface area contributed by atoms with Crippen molar-refractivity contribution in [1.29, 1.82) is 0 Å². The molecule has 5 rings (SSSR count). The predicted molar refractivity (Wildman–Crippen MR) is 76.2 cm³/mol. The first-order valence-electron chi connectivity index (χ1n) is 8.06. The number of amides is 1. The quantitative estimate of drug-likeness (QED) is 0.490. The molecular weight excluding hydrogens is 268 g/mol. The van der Waals surface area contributed by atoms with Gasteiger partial charge in [0.15, 0.2) is 0 Å². The highest BCUT2D eigenvalue weighted by molar-refractivity contribution is 5.79. The number of rotatable bonds is 3. The molecule has 6 nitrogen and oxygen atoms in total. The molecule has 1 saturated heterocycles. The van der Waals surface area contributed by atoms with E-state index in [1.54, 1.807) is 0 Å². The standard InChI is InChI=1S/C15H22N4O2/c16-18-17-7-12-2-13(20)19(8-12)14-3-10-1-11(4-14)6-15(21,5-10)9-14/h10-12,21H,1-9H2. The third-order valence-corrected chi connectivity index (χ3v) is 6.18. The lowest BCUT2D eigenvalue weighted by atomic mass is 9.50. The van der Waals surface area contributed by atoms with Gasteiger partial charge in [-0.2, -0.15) is 0 Å². The van der Waals surface area contributed by atoms with Crippen LogP contribution in [0.5, 0.6) is 0 Å². The van der Waals surface area contributed by atoms with Crippen molar-refractivity contribution in [3.63, 3.8) is 0 Å². The van der Waals surface area contributed by atoms with E-state index in [-0.39, 0.29) is 17.4 Å². The van der Waals surface area contributed by atoms with Crippen LogP contribution in [0, 0.1) is 17.8 Å². The maximum atomic E-state index is 12.5. The Bertz CT molecular complexity index is 514. The topological polar surface area (TPSA) is 89.3 Å². The van der Waals surface area contributed by atoms with E-state index in [0.717, 1.165) is 32.1 Å². The van der Waals surface area contributed by atoms with E-state index < -0.39 is 5.60 Å². The summed E-state index contributed by atoms with van der Waals surface area (Å²) in [4.78, 5) is 17.3. The SMILES string of the molecule is [N-]=[N+]=NCC1CC(=O)N(C23CC4CC(CC(O)(C4)C2)C3)C1. The van der Waals surface area contributed by atoms with Crippen LogP contribution >= 0.6 is 0 Å². The highest BCUT2D eigenvalue weighted by Gasteiger charge is 2.60. The van der Waals surface area contributed by atoms with Gasteiger partial charge in [-0.05, 0) is 61.8 Å². The summed E-state index contributed by atoms with van der Waals surface area (Å²) >= 11 is 0. The Morgan fingerprint density at radius 2 is 2.05 bits per heavy atom. The van der Waals surface area contributed by atoms with E-state index in [4.69, 9.17) is 5.53 Å². The fourth-order valence-corrected chi connectivity index (χ4v) is 6.00. The van der Waals surface area contributed by atoms with Crippen molar-refractivity contribution in [1.82, 2.24) is 4.90 Å². The van der Waals surface area contributed by atoms with Crippen molar-refractivity contribution in [3.8, 4) is 0 Å². The molecule has 114 valence electrons. The minimum atomic E-state index is -0.534. The number of likely N-dealkylation sites (tertiary alicyclic amines) is 1. The first-order chi connectivity index (χ1) is 10.0. The van der Waals surface area contributed by atoms with E-state index >= 15 is 0 Å². The van der Waals surface area contributed by atoms with Crippen molar-refractivity contribution in [2.75, 3.05) is 13.1 Å². The third kappa shape index (κ3) is 2.04. The summed E-state index contributed by atoms with van der Waals surface area (Å²) in [6, 6.07) is 0. The molecule has 4 saturated carbocycles. The monoisotopic (exact) mass is 290 g/mol. The minimum Gasteiger partial charge on any atom is -0.390 e. The average molecular weight is 290 g/mol. The molecular formula is C15H22N4O2. The normalized spacial score (nSPS) is 47.8. The van der Waals surface area contributed by atoms with Crippen LogP contribution in [-0.4, -0.2) is 40.1 Å². The summed E-state index contributed by atoms with van der Waals surface area (Å²) in [6.07, 6.45) is 6.46. The zero-order valence-corrected chi connectivity index (χ0v) is 12.2. The van der Waals surface area contributed by atoms with Gasteiger partial charge in [0, 0.05) is 30.0 Å². The second-order valence-electron chi connectivity index (χ2n) is 7.90. The van der Waals surface area contributed by atoms with Crippen LogP contribution in [0.3, 0.4) is 0 Å². The average Bonchev–Trinajstić information content (AvgIpc) is 2.75. The lowest BCUT2D eigenvalue weighted by Crippen LogP contribution is -2.65. The molecule has 5 fully saturated rings.